The maximum Gasteiger partial charge on any atom is 0.185 e. The zero-order chi connectivity index (χ0) is 14.8. The van der Waals surface area contributed by atoms with E-state index in [9.17, 15) is 5.11 Å². The van der Waals surface area contributed by atoms with Gasteiger partial charge in [0.2, 0.25) is 0 Å². The second kappa shape index (κ2) is 5.49. The highest BCUT2D eigenvalue weighted by atomic mass is 16.3. The second-order valence-corrected chi connectivity index (χ2v) is 4.99. The molecule has 6 heteroatoms. The molecule has 2 aromatic heterocycles. The lowest BCUT2D eigenvalue weighted by Crippen LogP contribution is -2.32. The molecule has 2 heterocycles. The molecule has 108 valence electrons. The first-order valence-corrected chi connectivity index (χ1v) is 6.82. The number of aliphatic hydroxyl groups excluding tert-OH is 1. The van der Waals surface area contributed by atoms with E-state index in [0.29, 0.717) is 11.5 Å². The second-order valence-electron chi connectivity index (χ2n) is 4.99. The van der Waals surface area contributed by atoms with Crippen molar-refractivity contribution in [2.24, 2.45) is 0 Å². The number of likely N-dealkylation sites (N-methyl/N-ethyl adjacent to an activating group) is 1. The van der Waals surface area contributed by atoms with E-state index in [1.165, 1.54) is 0 Å². The van der Waals surface area contributed by atoms with Crippen LogP contribution >= 0.6 is 0 Å². The molecule has 0 saturated carbocycles. The smallest absolute Gasteiger partial charge is 0.185 e. The fourth-order valence-corrected chi connectivity index (χ4v) is 2.08. The molecule has 0 unspecified atom stereocenters. The van der Waals surface area contributed by atoms with Gasteiger partial charge in [0.1, 0.15) is 5.82 Å². The van der Waals surface area contributed by atoms with Crippen LogP contribution in [0.15, 0.2) is 42.5 Å². The molecule has 0 fully saturated rings. The molecule has 0 aliphatic heterocycles. The quantitative estimate of drug-likeness (QED) is 0.788. The average molecular weight is 283 g/mol. The maximum atomic E-state index is 9.27. The van der Waals surface area contributed by atoms with Gasteiger partial charge < -0.3 is 10.0 Å². The van der Waals surface area contributed by atoms with Crippen LogP contribution in [-0.4, -0.2) is 44.6 Å². The number of aromatic nitrogens is 4. The molecule has 0 amide bonds. The van der Waals surface area contributed by atoms with Crippen LogP contribution in [0.5, 0.6) is 0 Å². The predicted molar refractivity (Wildman–Crippen MR) is 81.2 cm³/mol. The van der Waals surface area contributed by atoms with Crippen molar-refractivity contribution in [3.8, 4) is 11.4 Å². The van der Waals surface area contributed by atoms with E-state index in [0.717, 1.165) is 11.4 Å². The fourth-order valence-electron chi connectivity index (χ4n) is 2.08. The molecule has 0 bridgehead atoms. The van der Waals surface area contributed by atoms with E-state index >= 15 is 0 Å². The molecule has 0 spiro atoms. The van der Waals surface area contributed by atoms with Gasteiger partial charge >= 0.3 is 0 Å². The van der Waals surface area contributed by atoms with Gasteiger partial charge in [0, 0.05) is 12.6 Å². The number of fused-ring (bicyclic) bond motifs is 1. The van der Waals surface area contributed by atoms with Gasteiger partial charge in [-0.25, -0.2) is 0 Å². The Morgan fingerprint density at radius 1 is 1.14 bits per heavy atom. The average Bonchev–Trinajstić information content (AvgIpc) is 2.97. The van der Waals surface area contributed by atoms with Crippen LogP contribution in [0.2, 0.25) is 0 Å². The van der Waals surface area contributed by atoms with Gasteiger partial charge in [-0.1, -0.05) is 30.3 Å². The lowest BCUT2D eigenvalue weighted by molar-refractivity contribution is 0.269. The normalized spacial score (nSPS) is 12.5. The third-order valence-corrected chi connectivity index (χ3v) is 3.57. The minimum Gasteiger partial charge on any atom is -0.394 e. The number of nitrogens with zero attached hydrogens (tertiary/aromatic N) is 5. The minimum atomic E-state index is -0.00777. The Morgan fingerprint density at radius 3 is 2.62 bits per heavy atom. The zero-order valence-electron chi connectivity index (χ0n) is 12.0. The van der Waals surface area contributed by atoms with E-state index < -0.39 is 0 Å². The molecule has 0 radical (unpaired) electrons. The summed E-state index contributed by atoms with van der Waals surface area (Å²) in [7, 11) is 1.90. The summed E-state index contributed by atoms with van der Waals surface area (Å²) >= 11 is 0. The van der Waals surface area contributed by atoms with Crippen LogP contribution in [0.4, 0.5) is 5.82 Å². The van der Waals surface area contributed by atoms with Crippen LogP contribution < -0.4 is 4.90 Å². The van der Waals surface area contributed by atoms with Crippen molar-refractivity contribution in [1.29, 1.82) is 0 Å². The molecule has 0 aliphatic carbocycles. The highest BCUT2D eigenvalue weighted by Crippen LogP contribution is 2.19. The van der Waals surface area contributed by atoms with Gasteiger partial charge in [-0.2, -0.15) is 4.52 Å². The van der Waals surface area contributed by atoms with Crippen LogP contribution in [-0.2, 0) is 0 Å². The first-order valence-electron chi connectivity index (χ1n) is 6.82. The Kier molecular flexibility index (Phi) is 3.53. The molecule has 1 N–H and O–H groups in total. The van der Waals surface area contributed by atoms with E-state index in [1.807, 2.05) is 61.3 Å². The van der Waals surface area contributed by atoms with Crippen molar-refractivity contribution in [3.63, 3.8) is 0 Å². The summed E-state index contributed by atoms with van der Waals surface area (Å²) in [6, 6.07) is 13.6. The molecule has 1 aromatic carbocycles. The number of hydrogen-bond donors (Lipinski definition) is 1. The molecular formula is C15H17N5O. The number of aliphatic hydroxyl groups is 1. The minimum absolute atomic E-state index is 0.00777. The van der Waals surface area contributed by atoms with E-state index in [4.69, 9.17) is 0 Å². The Bertz CT molecular complexity index is 740. The largest absolute Gasteiger partial charge is 0.394 e. The first kappa shape index (κ1) is 13.5. The molecule has 0 aliphatic rings. The summed E-state index contributed by atoms with van der Waals surface area (Å²) in [4.78, 5) is 1.92. The van der Waals surface area contributed by atoms with Gasteiger partial charge in [-0.15, -0.1) is 15.3 Å². The Hall–Kier alpha value is -2.47. The van der Waals surface area contributed by atoms with E-state index in [1.54, 1.807) is 4.52 Å². The van der Waals surface area contributed by atoms with Gasteiger partial charge in [0.15, 0.2) is 11.5 Å². The van der Waals surface area contributed by atoms with Crippen molar-refractivity contribution >= 4 is 11.5 Å². The van der Waals surface area contributed by atoms with Crippen molar-refractivity contribution in [1.82, 2.24) is 19.8 Å². The number of hydrogen-bond acceptors (Lipinski definition) is 5. The van der Waals surface area contributed by atoms with Gasteiger partial charge in [-0.3, -0.25) is 0 Å². The lowest BCUT2D eigenvalue weighted by atomic mass is 10.2. The Labute approximate surface area is 122 Å². The first-order chi connectivity index (χ1) is 10.2. The standard InChI is InChI=1S/C15H17N5O/c1-11(10-21)19(2)14-9-8-13-16-17-15(20(13)18-14)12-6-4-3-5-7-12/h3-9,11,21H,10H2,1-2H3/t11-/m0/s1. The van der Waals surface area contributed by atoms with Crippen LogP contribution in [0.1, 0.15) is 6.92 Å². The van der Waals surface area contributed by atoms with E-state index in [2.05, 4.69) is 15.3 Å². The Balaban J connectivity index is 2.08. The molecule has 21 heavy (non-hydrogen) atoms. The maximum absolute atomic E-state index is 9.27. The summed E-state index contributed by atoms with van der Waals surface area (Å²) in [5.74, 6) is 1.47. The lowest BCUT2D eigenvalue weighted by Gasteiger charge is -2.23. The fraction of sp³-hybridized carbons (Fsp3) is 0.267. The molecule has 3 aromatic rings. The summed E-state index contributed by atoms with van der Waals surface area (Å²) in [5.41, 5.74) is 1.66. The van der Waals surface area contributed by atoms with Crippen LogP contribution in [0.3, 0.4) is 0 Å². The summed E-state index contributed by atoms with van der Waals surface area (Å²) < 4.78 is 1.73. The van der Waals surface area contributed by atoms with Crippen LogP contribution in [0, 0.1) is 0 Å². The third-order valence-electron chi connectivity index (χ3n) is 3.57. The van der Waals surface area contributed by atoms with Gasteiger partial charge in [0.05, 0.1) is 12.6 Å². The highest BCUT2D eigenvalue weighted by Gasteiger charge is 2.14. The molecule has 6 nitrogen and oxygen atoms in total. The summed E-state index contributed by atoms with van der Waals surface area (Å²) in [6.45, 7) is 2.01. The monoisotopic (exact) mass is 283 g/mol. The molecule has 3 rings (SSSR count). The molecule has 1 atom stereocenters. The molecule has 0 saturated heterocycles. The van der Waals surface area contributed by atoms with E-state index in [-0.39, 0.29) is 12.6 Å². The predicted octanol–water partition coefficient (Wildman–Crippen LogP) is 1.61. The zero-order valence-corrected chi connectivity index (χ0v) is 12.0. The van der Waals surface area contributed by atoms with Gasteiger partial charge in [-0.05, 0) is 19.1 Å². The SMILES string of the molecule is C[C@@H](CO)N(C)c1ccc2nnc(-c3ccccc3)n2n1. The number of rotatable bonds is 4. The molecular weight excluding hydrogens is 266 g/mol. The Morgan fingerprint density at radius 2 is 1.90 bits per heavy atom. The van der Waals surface area contributed by atoms with Gasteiger partial charge in [0.25, 0.3) is 0 Å². The highest BCUT2D eigenvalue weighted by molar-refractivity contribution is 5.59. The number of benzene rings is 1. The summed E-state index contributed by atoms with van der Waals surface area (Å²) in [6.07, 6.45) is 0. The third kappa shape index (κ3) is 2.45. The van der Waals surface area contributed by atoms with Crippen molar-refractivity contribution in [2.45, 2.75) is 13.0 Å². The summed E-state index contributed by atoms with van der Waals surface area (Å²) in [5, 5.41) is 22.2. The van der Waals surface area contributed by atoms with Crippen molar-refractivity contribution in [2.75, 3.05) is 18.6 Å². The topological polar surface area (TPSA) is 66.5 Å². The number of anilines is 1. The van der Waals surface area contributed by atoms with Crippen molar-refractivity contribution in [3.05, 3.63) is 42.5 Å². The van der Waals surface area contributed by atoms with Crippen LogP contribution in [0.25, 0.3) is 17.0 Å². The van der Waals surface area contributed by atoms with Crippen molar-refractivity contribution < 1.29 is 5.11 Å².